The van der Waals surface area contributed by atoms with Gasteiger partial charge in [0.2, 0.25) is 5.91 Å². The van der Waals surface area contributed by atoms with Crippen molar-refractivity contribution in [2.75, 3.05) is 30.4 Å². The molecule has 0 aliphatic rings. The fraction of sp³-hybridized carbons (Fsp3) is 0.348. The molecule has 1 aromatic heterocycles. The predicted octanol–water partition coefficient (Wildman–Crippen LogP) is 5.11. The lowest BCUT2D eigenvalue weighted by atomic mass is 10.2. The number of thioether (sulfide) groups is 1. The SMILES string of the molecule is CCN(CC)c1ccc(-c2nnc(SC(C)C(=O)Nc3cc(Cl)ccc3OC)n2C)cc1. The minimum Gasteiger partial charge on any atom is -0.495 e. The molecule has 0 saturated carbocycles. The summed E-state index contributed by atoms with van der Waals surface area (Å²) in [5, 5.41) is 12.3. The maximum atomic E-state index is 12.7. The molecule has 3 aromatic rings. The normalized spacial score (nSPS) is 11.8. The number of rotatable bonds is 9. The number of hydrogen-bond donors (Lipinski definition) is 1. The molecule has 32 heavy (non-hydrogen) atoms. The lowest BCUT2D eigenvalue weighted by Crippen LogP contribution is -2.23. The van der Waals surface area contributed by atoms with E-state index in [0.717, 1.165) is 24.5 Å². The third-order valence-electron chi connectivity index (χ3n) is 5.16. The number of carbonyl (C=O) groups is 1. The monoisotopic (exact) mass is 473 g/mol. The fourth-order valence-corrected chi connectivity index (χ4v) is 4.29. The average Bonchev–Trinajstić information content (AvgIpc) is 3.15. The molecule has 1 heterocycles. The molecule has 0 bridgehead atoms. The van der Waals surface area contributed by atoms with Gasteiger partial charge in [-0.1, -0.05) is 23.4 Å². The number of nitrogens with zero attached hydrogens (tertiary/aromatic N) is 4. The Morgan fingerprint density at radius 1 is 1.19 bits per heavy atom. The second-order valence-corrected chi connectivity index (χ2v) is 8.92. The molecule has 0 saturated heterocycles. The summed E-state index contributed by atoms with van der Waals surface area (Å²) in [5.41, 5.74) is 2.69. The molecule has 2 aromatic carbocycles. The highest BCUT2D eigenvalue weighted by atomic mass is 35.5. The molecule has 1 N–H and O–H groups in total. The number of benzene rings is 2. The third-order valence-corrected chi connectivity index (χ3v) is 6.53. The second-order valence-electron chi connectivity index (χ2n) is 7.18. The zero-order chi connectivity index (χ0) is 23.3. The predicted molar refractivity (Wildman–Crippen MR) is 132 cm³/mol. The van der Waals surface area contributed by atoms with Crippen LogP contribution >= 0.6 is 23.4 Å². The van der Waals surface area contributed by atoms with Crippen molar-refractivity contribution in [3.05, 3.63) is 47.5 Å². The van der Waals surface area contributed by atoms with Crippen molar-refractivity contribution in [3.63, 3.8) is 0 Å². The largest absolute Gasteiger partial charge is 0.495 e. The summed E-state index contributed by atoms with van der Waals surface area (Å²) in [7, 11) is 3.45. The highest BCUT2D eigenvalue weighted by Gasteiger charge is 2.21. The lowest BCUT2D eigenvalue weighted by Gasteiger charge is -2.21. The highest BCUT2D eigenvalue weighted by Crippen LogP contribution is 2.30. The first-order chi connectivity index (χ1) is 15.4. The summed E-state index contributed by atoms with van der Waals surface area (Å²) in [6, 6.07) is 13.4. The van der Waals surface area contributed by atoms with Crippen molar-refractivity contribution >= 4 is 40.6 Å². The summed E-state index contributed by atoms with van der Waals surface area (Å²) < 4.78 is 7.20. The number of ether oxygens (including phenoxy) is 1. The van der Waals surface area contributed by atoms with E-state index in [2.05, 4.69) is 46.4 Å². The van der Waals surface area contributed by atoms with Gasteiger partial charge in [0.25, 0.3) is 0 Å². The van der Waals surface area contributed by atoms with Gasteiger partial charge in [0.15, 0.2) is 11.0 Å². The third kappa shape index (κ3) is 5.37. The highest BCUT2D eigenvalue weighted by molar-refractivity contribution is 8.00. The van der Waals surface area contributed by atoms with Crippen LogP contribution in [0.2, 0.25) is 5.02 Å². The van der Waals surface area contributed by atoms with E-state index < -0.39 is 5.25 Å². The Bertz CT molecular complexity index is 1070. The van der Waals surface area contributed by atoms with Gasteiger partial charge >= 0.3 is 0 Å². The number of methoxy groups -OCH3 is 1. The molecular weight excluding hydrogens is 446 g/mol. The summed E-state index contributed by atoms with van der Waals surface area (Å²) in [6.45, 7) is 8.03. The van der Waals surface area contributed by atoms with E-state index in [9.17, 15) is 4.79 Å². The Morgan fingerprint density at radius 2 is 1.88 bits per heavy atom. The van der Waals surface area contributed by atoms with E-state index in [4.69, 9.17) is 16.3 Å². The van der Waals surface area contributed by atoms with E-state index >= 15 is 0 Å². The Hall–Kier alpha value is -2.71. The van der Waals surface area contributed by atoms with E-state index in [1.165, 1.54) is 17.4 Å². The number of halogens is 1. The number of anilines is 2. The molecule has 1 amide bonds. The Balaban J connectivity index is 1.71. The van der Waals surface area contributed by atoms with E-state index in [-0.39, 0.29) is 5.91 Å². The quantitative estimate of drug-likeness (QED) is 0.435. The van der Waals surface area contributed by atoms with Gasteiger partial charge in [0.1, 0.15) is 5.75 Å². The van der Waals surface area contributed by atoms with Crippen LogP contribution in [-0.4, -0.2) is 46.1 Å². The van der Waals surface area contributed by atoms with E-state index in [0.29, 0.717) is 21.6 Å². The molecule has 0 aliphatic carbocycles. The van der Waals surface area contributed by atoms with Crippen molar-refractivity contribution in [2.24, 2.45) is 7.05 Å². The first-order valence-electron chi connectivity index (χ1n) is 10.4. The van der Waals surface area contributed by atoms with Crippen molar-refractivity contribution < 1.29 is 9.53 Å². The molecule has 0 spiro atoms. The molecule has 7 nitrogen and oxygen atoms in total. The van der Waals surface area contributed by atoms with Gasteiger partial charge in [-0.3, -0.25) is 4.79 Å². The molecule has 3 rings (SSSR count). The van der Waals surface area contributed by atoms with Crippen molar-refractivity contribution in [3.8, 4) is 17.1 Å². The van der Waals surface area contributed by atoms with Crippen LogP contribution in [0, 0.1) is 0 Å². The van der Waals surface area contributed by atoms with Gasteiger partial charge in [-0.2, -0.15) is 0 Å². The second kappa shape index (κ2) is 10.7. The maximum absolute atomic E-state index is 12.7. The van der Waals surface area contributed by atoms with Crippen molar-refractivity contribution in [2.45, 2.75) is 31.2 Å². The van der Waals surface area contributed by atoms with Crippen LogP contribution in [-0.2, 0) is 11.8 Å². The van der Waals surface area contributed by atoms with E-state index in [1.807, 2.05) is 30.7 Å². The van der Waals surface area contributed by atoms with Gasteiger partial charge in [-0.05, 0) is 63.2 Å². The molecule has 0 radical (unpaired) electrons. The summed E-state index contributed by atoms with van der Waals surface area (Å²) in [6.07, 6.45) is 0. The van der Waals surface area contributed by atoms with Gasteiger partial charge in [-0.25, -0.2) is 0 Å². The average molecular weight is 474 g/mol. The van der Waals surface area contributed by atoms with Gasteiger partial charge in [0.05, 0.1) is 18.0 Å². The van der Waals surface area contributed by atoms with Gasteiger partial charge in [0, 0.05) is 36.4 Å². The van der Waals surface area contributed by atoms with E-state index in [1.54, 1.807) is 25.3 Å². The number of hydrogen-bond acceptors (Lipinski definition) is 6. The van der Waals surface area contributed by atoms with Crippen LogP contribution in [0.15, 0.2) is 47.6 Å². The first kappa shape index (κ1) is 23.9. The summed E-state index contributed by atoms with van der Waals surface area (Å²) in [4.78, 5) is 15.0. The zero-order valence-corrected chi connectivity index (χ0v) is 20.5. The zero-order valence-electron chi connectivity index (χ0n) is 18.9. The summed E-state index contributed by atoms with van der Waals surface area (Å²) >= 11 is 7.40. The Kier molecular flexibility index (Phi) is 8.04. The lowest BCUT2D eigenvalue weighted by molar-refractivity contribution is -0.115. The van der Waals surface area contributed by atoms with Crippen LogP contribution < -0.4 is 15.0 Å². The minimum atomic E-state index is -0.403. The maximum Gasteiger partial charge on any atom is 0.237 e. The molecular formula is C23H28ClN5O2S. The van der Waals surface area contributed by atoms with Crippen LogP contribution in [0.3, 0.4) is 0 Å². The van der Waals surface area contributed by atoms with Gasteiger partial charge in [-0.15, -0.1) is 10.2 Å². The Labute approximate surface area is 198 Å². The van der Waals surface area contributed by atoms with Crippen LogP contribution in [0.25, 0.3) is 11.4 Å². The Morgan fingerprint density at radius 3 is 2.50 bits per heavy atom. The molecule has 0 fully saturated rings. The van der Waals surface area contributed by atoms with Crippen molar-refractivity contribution in [1.29, 1.82) is 0 Å². The van der Waals surface area contributed by atoms with Crippen LogP contribution in [0.4, 0.5) is 11.4 Å². The number of aromatic nitrogens is 3. The molecule has 170 valence electrons. The molecule has 0 aliphatic heterocycles. The number of amides is 1. The van der Waals surface area contributed by atoms with Crippen molar-refractivity contribution in [1.82, 2.24) is 14.8 Å². The molecule has 9 heteroatoms. The van der Waals surface area contributed by atoms with Crippen LogP contribution in [0.1, 0.15) is 20.8 Å². The number of nitrogens with one attached hydrogen (secondary N) is 1. The minimum absolute atomic E-state index is 0.177. The standard InChI is InChI=1S/C23H28ClN5O2S/c1-6-29(7-2)18-11-8-16(9-12-18)21-26-27-23(28(21)4)32-15(3)22(30)25-19-14-17(24)10-13-20(19)31-5/h8-15H,6-7H2,1-5H3,(H,25,30). The fourth-order valence-electron chi connectivity index (χ4n) is 3.30. The van der Waals surface area contributed by atoms with Crippen LogP contribution in [0.5, 0.6) is 5.75 Å². The summed E-state index contributed by atoms with van der Waals surface area (Å²) in [5.74, 6) is 1.13. The smallest absolute Gasteiger partial charge is 0.237 e. The topological polar surface area (TPSA) is 72.3 Å². The number of carbonyl (C=O) groups excluding carboxylic acids is 1. The molecule has 1 atom stereocenters. The first-order valence-corrected chi connectivity index (χ1v) is 11.7. The van der Waals surface area contributed by atoms with Gasteiger partial charge < -0.3 is 19.5 Å². The molecule has 1 unspecified atom stereocenters.